The third kappa shape index (κ3) is 2.88. The van der Waals surface area contributed by atoms with E-state index in [1.165, 1.54) is 0 Å². The summed E-state index contributed by atoms with van der Waals surface area (Å²) in [6.07, 6.45) is 1.85. The number of benzene rings is 1. The molecule has 4 heteroatoms. The number of fused-ring (bicyclic) bond motifs is 1. The Morgan fingerprint density at radius 1 is 1.28 bits per heavy atom. The fourth-order valence-corrected chi connectivity index (χ4v) is 1.92. The number of rotatable bonds is 5. The Bertz CT molecular complexity index is 418. The molecule has 1 atom stereocenters. The predicted molar refractivity (Wildman–Crippen MR) is 70.3 cm³/mol. The summed E-state index contributed by atoms with van der Waals surface area (Å²) in [6, 6.07) is 4.02. The van der Waals surface area contributed by atoms with Crippen LogP contribution in [-0.2, 0) is 6.42 Å². The summed E-state index contributed by atoms with van der Waals surface area (Å²) in [4.78, 5) is 0. The molecule has 1 aromatic rings. The summed E-state index contributed by atoms with van der Waals surface area (Å²) < 4.78 is 16.6. The largest absolute Gasteiger partial charge is 0.491 e. The molecule has 0 radical (unpaired) electrons. The first-order chi connectivity index (χ1) is 8.60. The van der Waals surface area contributed by atoms with E-state index in [0.717, 1.165) is 35.7 Å². The monoisotopic (exact) mass is 251 g/mol. The van der Waals surface area contributed by atoms with Crippen molar-refractivity contribution in [1.29, 1.82) is 0 Å². The molecule has 0 saturated carbocycles. The highest BCUT2D eigenvalue weighted by Crippen LogP contribution is 2.39. The van der Waals surface area contributed by atoms with Gasteiger partial charge in [0.2, 0.25) is 6.79 Å². The van der Waals surface area contributed by atoms with Crippen molar-refractivity contribution in [2.45, 2.75) is 45.8 Å². The molecule has 4 nitrogen and oxygen atoms in total. The molecule has 0 fully saturated rings. The average molecular weight is 251 g/mol. The lowest BCUT2D eigenvalue weighted by Crippen LogP contribution is -2.22. The maximum absolute atomic E-state index is 6.02. The molecule has 1 aliphatic heterocycles. The summed E-state index contributed by atoms with van der Waals surface area (Å²) in [7, 11) is 0. The second-order valence-corrected chi connectivity index (χ2v) is 4.85. The van der Waals surface area contributed by atoms with E-state index in [1.807, 2.05) is 26.0 Å². The van der Waals surface area contributed by atoms with Crippen LogP contribution >= 0.6 is 0 Å². The zero-order valence-corrected chi connectivity index (χ0v) is 11.2. The van der Waals surface area contributed by atoms with Gasteiger partial charge in [0.1, 0.15) is 5.75 Å². The molecule has 18 heavy (non-hydrogen) atoms. The van der Waals surface area contributed by atoms with Gasteiger partial charge in [-0.25, -0.2) is 0 Å². The van der Waals surface area contributed by atoms with Gasteiger partial charge in [-0.05, 0) is 38.3 Å². The van der Waals surface area contributed by atoms with Crippen LogP contribution in [0.25, 0.3) is 0 Å². The lowest BCUT2D eigenvalue weighted by Gasteiger charge is -2.17. The van der Waals surface area contributed by atoms with E-state index in [9.17, 15) is 0 Å². The van der Waals surface area contributed by atoms with Gasteiger partial charge in [-0.3, -0.25) is 0 Å². The van der Waals surface area contributed by atoms with Crippen molar-refractivity contribution in [1.82, 2.24) is 0 Å². The maximum atomic E-state index is 6.02. The first-order valence-corrected chi connectivity index (χ1v) is 6.45. The topological polar surface area (TPSA) is 53.7 Å². The molecular weight excluding hydrogens is 230 g/mol. The fraction of sp³-hybridized carbons (Fsp3) is 0.571. The van der Waals surface area contributed by atoms with Crippen LogP contribution in [0.3, 0.4) is 0 Å². The minimum atomic E-state index is 0.127. The highest BCUT2D eigenvalue weighted by molar-refractivity contribution is 5.52. The molecule has 2 rings (SSSR count). The van der Waals surface area contributed by atoms with Crippen LogP contribution in [0, 0.1) is 0 Å². The van der Waals surface area contributed by atoms with Gasteiger partial charge >= 0.3 is 0 Å². The standard InChI is InChI=1S/C14H21NO3/c1-4-11(15)5-10-6-13-14(17-8-16-13)7-12(10)18-9(2)3/h6-7,9,11H,4-5,8,15H2,1-3H3. The van der Waals surface area contributed by atoms with Crippen molar-refractivity contribution in [2.75, 3.05) is 6.79 Å². The van der Waals surface area contributed by atoms with E-state index in [4.69, 9.17) is 19.9 Å². The Morgan fingerprint density at radius 2 is 1.94 bits per heavy atom. The first kappa shape index (κ1) is 13.0. The Labute approximate surface area is 108 Å². The van der Waals surface area contributed by atoms with Gasteiger partial charge in [0.05, 0.1) is 6.10 Å². The molecule has 0 spiro atoms. The Kier molecular flexibility index (Phi) is 3.97. The normalized spacial score (nSPS) is 14.9. The zero-order valence-electron chi connectivity index (χ0n) is 11.2. The Morgan fingerprint density at radius 3 is 2.56 bits per heavy atom. The molecule has 1 aliphatic rings. The van der Waals surface area contributed by atoms with Gasteiger partial charge in [0.15, 0.2) is 11.5 Å². The second-order valence-electron chi connectivity index (χ2n) is 4.85. The number of ether oxygens (including phenoxy) is 3. The van der Waals surface area contributed by atoms with Crippen LogP contribution in [-0.4, -0.2) is 18.9 Å². The highest BCUT2D eigenvalue weighted by Gasteiger charge is 2.19. The molecule has 1 unspecified atom stereocenters. The molecule has 2 N–H and O–H groups in total. The predicted octanol–water partition coefficient (Wildman–Crippen LogP) is 2.48. The van der Waals surface area contributed by atoms with E-state index >= 15 is 0 Å². The minimum absolute atomic E-state index is 0.127. The van der Waals surface area contributed by atoms with E-state index in [0.29, 0.717) is 0 Å². The van der Waals surface area contributed by atoms with E-state index in [-0.39, 0.29) is 18.9 Å². The van der Waals surface area contributed by atoms with Crippen LogP contribution in [0.2, 0.25) is 0 Å². The first-order valence-electron chi connectivity index (χ1n) is 6.45. The van der Waals surface area contributed by atoms with Gasteiger partial charge in [-0.2, -0.15) is 0 Å². The van der Waals surface area contributed by atoms with Crippen LogP contribution in [0.1, 0.15) is 32.8 Å². The second kappa shape index (κ2) is 5.48. The van der Waals surface area contributed by atoms with Gasteiger partial charge < -0.3 is 19.9 Å². The van der Waals surface area contributed by atoms with E-state index in [1.54, 1.807) is 0 Å². The van der Waals surface area contributed by atoms with Crippen LogP contribution in [0.15, 0.2) is 12.1 Å². The quantitative estimate of drug-likeness (QED) is 0.873. The molecule has 0 saturated heterocycles. The number of hydrogen-bond acceptors (Lipinski definition) is 4. The van der Waals surface area contributed by atoms with Gasteiger partial charge in [0, 0.05) is 12.1 Å². The van der Waals surface area contributed by atoms with Gasteiger partial charge in [-0.15, -0.1) is 0 Å². The lowest BCUT2D eigenvalue weighted by molar-refractivity contribution is 0.173. The van der Waals surface area contributed by atoms with Crippen molar-refractivity contribution in [2.24, 2.45) is 5.73 Å². The van der Waals surface area contributed by atoms with E-state index < -0.39 is 0 Å². The minimum Gasteiger partial charge on any atom is -0.491 e. The average Bonchev–Trinajstić information content (AvgIpc) is 2.75. The van der Waals surface area contributed by atoms with E-state index in [2.05, 4.69) is 6.92 Å². The van der Waals surface area contributed by atoms with Crippen molar-refractivity contribution in [3.63, 3.8) is 0 Å². The Balaban J connectivity index is 2.29. The molecular formula is C14H21NO3. The lowest BCUT2D eigenvalue weighted by atomic mass is 10.0. The van der Waals surface area contributed by atoms with Crippen molar-refractivity contribution in [3.8, 4) is 17.2 Å². The van der Waals surface area contributed by atoms with Gasteiger partial charge in [0.25, 0.3) is 0 Å². The summed E-state index contributed by atoms with van der Waals surface area (Å²) in [6.45, 7) is 6.38. The van der Waals surface area contributed by atoms with Crippen molar-refractivity contribution >= 4 is 0 Å². The molecule has 100 valence electrons. The molecule has 0 aromatic heterocycles. The highest BCUT2D eigenvalue weighted by atomic mass is 16.7. The molecule has 0 aliphatic carbocycles. The zero-order chi connectivity index (χ0) is 13.1. The van der Waals surface area contributed by atoms with Crippen molar-refractivity contribution in [3.05, 3.63) is 17.7 Å². The third-order valence-corrected chi connectivity index (χ3v) is 2.92. The van der Waals surface area contributed by atoms with Crippen LogP contribution in [0.4, 0.5) is 0 Å². The Hall–Kier alpha value is -1.42. The number of nitrogens with two attached hydrogens (primary N) is 1. The molecule has 1 aromatic carbocycles. The molecule has 0 bridgehead atoms. The van der Waals surface area contributed by atoms with Gasteiger partial charge in [-0.1, -0.05) is 6.92 Å². The smallest absolute Gasteiger partial charge is 0.231 e. The van der Waals surface area contributed by atoms with Crippen LogP contribution in [0.5, 0.6) is 17.2 Å². The van der Waals surface area contributed by atoms with Crippen LogP contribution < -0.4 is 19.9 Å². The molecule has 1 heterocycles. The summed E-state index contributed by atoms with van der Waals surface area (Å²) in [5.74, 6) is 2.38. The summed E-state index contributed by atoms with van der Waals surface area (Å²) in [5, 5.41) is 0. The SMILES string of the molecule is CCC(N)Cc1cc2c(cc1OC(C)C)OCO2. The fourth-order valence-electron chi connectivity index (χ4n) is 1.92. The van der Waals surface area contributed by atoms with Crippen molar-refractivity contribution < 1.29 is 14.2 Å². The molecule has 0 amide bonds. The summed E-state index contributed by atoms with van der Waals surface area (Å²) in [5.41, 5.74) is 7.11. The third-order valence-electron chi connectivity index (χ3n) is 2.92. The maximum Gasteiger partial charge on any atom is 0.231 e. The number of hydrogen-bond donors (Lipinski definition) is 1. The summed E-state index contributed by atoms with van der Waals surface area (Å²) >= 11 is 0.